The van der Waals surface area contributed by atoms with Crippen LogP contribution in [0, 0.1) is 47.9 Å². The Kier molecular flexibility index (Phi) is 8.49. The molecule has 6 aromatic carbocycles. The highest BCUT2D eigenvalue weighted by Gasteiger charge is 2.29. The maximum atomic E-state index is 8.13. The normalized spacial score (nSPS) is 12.9. The third-order valence-electron chi connectivity index (χ3n) is 11.9. The number of hydrogen-bond donors (Lipinski definition) is 0. The Labute approximate surface area is 352 Å². The predicted molar refractivity (Wildman–Crippen MR) is 247 cm³/mol. The minimum absolute atomic E-state index is 0.0279. The molecular weight excluding hydrogens is 719 g/mol. The third kappa shape index (κ3) is 6.80. The predicted octanol–water partition coefficient (Wildman–Crippen LogP) is 10.2. The number of imidazole rings is 1. The first-order valence-corrected chi connectivity index (χ1v) is 20.4. The summed E-state index contributed by atoms with van der Waals surface area (Å²) in [5.41, 5.74) is 16.9. The second kappa shape index (κ2) is 14.5. The summed E-state index contributed by atoms with van der Waals surface area (Å²) in [4.78, 5) is 4.99. The van der Waals surface area contributed by atoms with Gasteiger partial charge < -0.3 is 13.9 Å². The summed E-state index contributed by atoms with van der Waals surface area (Å²) in [7, 11) is 0. The Morgan fingerprint density at radius 2 is 1.32 bits per heavy atom. The fourth-order valence-electron chi connectivity index (χ4n) is 9.36. The first-order valence-electron chi connectivity index (χ1n) is 21.9. The molecule has 59 heavy (non-hydrogen) atoms. The molecule has 3 heterocycles. The van der Waals surface area contributed by atoms with Gasteiger partial charge in [0.25, 0.3) is 0 Å². The van der Waals surface area contributed by atoms with Crippen molar-refractivity contribution in [2.45, 2.75) is 67.7 Å². The highest BCUT2D eigenvalue weighted by atomic mass is 16.5. The van der Waals surface area contributed by atoms with Crippen molar-refractivity contribution < 1.29 is 13.4 Å². The average molecular weight is 774 g/mol. The van der Waals surface area contributed by atoms with Gasteiger partial charge in [0.2, 0.25) is 13.0 Å². The SMILES string of the molecule is [2H]C([2H])([2H])[n+]1[c-]n(-c2cccc(Oc3ccc4c5cc(B(c6c(C)cc(C)cc6C)c6c(C)cc(C)cc6C)ccc5n(-c5cc(C(C)(C)C)ccn5)c4c3)c2)c2ccccc21. The monoisotopic (exact) mass is 773 g/mol. The van der Waals surface area contributed by atoms with Crippen molar-refractivity contribution in [1.82, 2.24) is 14.1 Å². The van der Waals surface area contributed by atoms with E-state index in [4.69, 9.17) is 13.8 Å². The summed E-state index contributed by atoms with van der Waals surface area (Å²) in [6.07, 6.45) is 4.98. The second-order valence-electron chi connectivity index (χ2n) is 17.4. The fourth-order valence-corrected chi connectivity index (χ4v) is 9.36. The Balaban J connectivity index is 1.22. The van der Waals surface area contributed by atoms with E-state index in [1.165, 1.54) is 59.9 Å². The van der Waals surface area contributed by atoms with Gasteiger partial charge in [-0.25, -0.2) is 4.98 Å². The van der Waals surface area contributed by atoms with Gasteiger partial charge in [-0.05, 0) is 95.0 Å². The maximum Gasteiger partial charge on any atom is 0.244 e. The number of aromatic nitrogens is 4. The van der Waals surface area contributed by atoms with Gasteiger partial charge in [0.15, 0.2) is 0 Å². The fraction of sp³-hybridized carbons (Fsp3) is 0.208. The van der Waals surface area contributed by atoms with E-state index in [2.05, 4.69) is 140 Å². The summed E-state index contributed by atoms with van der Waals surface area (Å²) in [6, 6.07) is 42.0. The number of fused-ring (bicyclic) bond motifs is 4. The largest absolute Gasteiger partial charge is 0.458 e. The van der Waals surface area contributed by atoms with Crippen LogP contribution in [-0.2, 0) is 12.4 Å². The maximum absolute atomic E-state index is 8.13. The van der Waals surface area contributed by atoms with Crippen LogP contribution in [0.4, 0.5) is 0 Å². The van der Waals surface area contributed by atoms with Gasteiger partial charge >= 0.3 is 0 Å². The molecule has 292 valence electrons. The standard InChI is InChI=1S/C53H51BN4O/c1-33-24-35(3)51(36(4)25-33)54(52-37(5)26-34(2)27-38(52)6)40-18-21-46-45(29-40)44-20-19-43(31-49(44)58(46)50-28-39(22-23-55-50)53(7,8)9)59-42-15-13-14-41(30-42)57-32-56(10)47-16-11-12-17-48(47)57/h11-31H,1-10H3/i10D3. The smallest absolute Gasteiger partial charge is 0.244 e. The van der Waals surface area contributed by atoms with Crippen LogP contribution in [0.2, 0.25) is 0 Å². The Hall–Kier alpha value is -6.40. The molecule has 0 amide bonds. The molecule has 0 saturated carbocycles. The second-order valence-corrected chi connectivity index (χ2v) is 17.4. The average Bonchev–Trinajstić information content (AvgIpc) is 3.76. The lowest BCUT2D eigenvalue weighted by atomic mass is 9.34. The topological polar surface area (TPSA) is 35.9 Å². The van der Waals surface area contributed by atoms with Crippen molar-refractivity contribution in [1.29, 1.82) is 0 Å². The van der Waals surface area contributed by atoms with Gasteiger partial charge in [-0.1, -0.05) is 143 Å². The van der Waals surface area contributed by atoms with E-state index in [1.807, 2.05) is 54.7 Å². The van der Waals surface area contributed by atoms with E-state index in [9.17, 15) is 0 Å². The molecule has 0 N–H and O–H groups in total. The summed E-state index contributed by atoms with van der Waals surface area (Å²) in [6.45, 7) is 17.7. The first-order chi connectivity index (χ1) is 29.5. The van der Waals surface area contributed by atoms with Gasteiger partial charge in [0.05, 0.1) is 38.8 Å². The van der Waals surface area contributed by atoms with E-state index in [-0.39, 0.29) is 12.1 Å². The molecule has 5 nitrogen and oxygen atoms in total. The molecule has 0 bridgehead atoms. The molecule has 0 fully saturated rings. The van der Waals surface area contributed by atoms with Crippen molar-refractivity contribution in [3.8, 4) is 23.0 Å². The highest BCUT2D eigenvalue weighted by Crippen LogP contribution is 2.36. The molecule has 6 heteroatoms. The molecule has 0 aliphatic rings. The number of nitrogens with zero attached hydrogens (tertiary/aromatic N) is 4. The van der Waals surface area contributed by atoms with Crippen LogP contribution in [0.3, 0.4) is 0 Å². The lowest BCUT2D eigenvalue weighted by molar-refractivity contribution is -0.649. The van der Waals surface area contributed by atoms with Crippen molar-refractivity contribution in [3.63, 3.8) is 0 Å². The molecule has 9 aromatic rings. The van der Waals surface area contributed by atoms with Gasteiger partial charge in [0.1, 0.15) is 17.3 Å². The number of pyridine rings is 1. The molecule has 0 atom stereocenters. The summed E-state index contributed by atoms with van der Waals surface area (Å²) in [5, 5.41) is 2.24. The van der Waals surface area contributed by atoms with Crippen LogP contribution in [-0.4, -0.2) is 20.8 Å². The molecule has 9 rings (SSSR count). The molecular formula is C53H51BN4O. The number of ether oxygens (including phenoxy) is 1. The van der Waals surface area contributed by atoms with Crippen molar-refractivity contribution in [2.24, 2.45) is 6.98 Å². The Morgan fingerprint density at radius 3 is 2.00 bits per heavy atom. The van der Waals surface area contributed by atoms with Crippen LogP contribution >= 0.6 is 0 Å². The zero-order chi connectivity index (χ0) is 43.8. The molecule has 0 radical (unpaired) electrons. The van der Waals surface area contributed by atoms with Crippen molar-refractivity contribution in [2.75, 3.05) is 0 Å². The van der Waals surface area contributed by atoms with Crippen LogP contribution in [0.25, 0.3) is 44.3 Å². The first kappa shape index (κ1) is 34.6. The lowest BCUT2D eigenvalue weighted by Crippen LogP contribution is -2.55. The van der Waals surface area contributed by atoms with Crippen molar-refractivity contribution in [3.05, 3.63) is 173 Å². The van der Waals surface area contributed by atoms with Crippen LogP contribution < -0.4 is 25.7 Å². The van der Waals surface area contributed by atoms with Crippen LogP contribution in [0.15, 0.2) is 128 Å². The van der Waals surface area contributed by atoms with E-state index in [0.717, 1.165) is 38.8 Å². The van der Waals surface area contributed by atoms with E-state index in [0.29, 0.717) is 17.0 Å². The van der Waals surface area contributed by atoms with Crippen LogP contribution in [0.1, 0.15) is 63.8 Å². The summed E-state index contributed by atoms with van der Waals surface area (Å²) >= 11 is 0. The zero-order valence-electron chi connectivity index (χ0n) is 38.4. The number of rotatable bonds is 7. The number of benzene rings is 6. The molecule has 0 spiro atoms. The summed E-state index contributed by atoms with van der Waals surface area (Å²) in [5.74, 6) is 2.12. The van der Waals surface area contributed by atoms with Gasteiger partial charge in [-0.3, -0.25) is 4.57 Å². The lowest BCUT2D eigenvalue weighted by Gasteiger charge is -2.25. The van der Waals surface area contributed by atoms with Crippen LogP contribution in [0.5, 0.6) is 11.5 Å². The molecule has 0 unspecified atom stereocenters. The molecule has 0 aliphatic heterocycles. The third-order valence-corrected chi connectivity index (χ3v) is 11.9. The number of para-hydroxylation sites is 2. The van der Waals surface area contributed by atoms with Gasteiger partial charge in [-0.2, -0.15) is 0 Å². The quantitative estimate of drug-likeness (QED) is 0.0919. The minimum atomic E-state index is -2.38. The Bertz CT molecular complexity index is 3120. The Morgan fingerprint density at radius 1 is 0.644 bits per heavy atom. The van der Waals surface area contributed by atoms with Gasteiger partial charge in [0, 0.05) is 23.0 Å². The van der Waals surface area contributed by atoms with Gasteiger partial charge in [-0.15, -0.1) is 0 Å². The summed E-state index contributed by atoms with van der Waals surface area (Å²) < 4.78 is 36.3. The van der Waals surface area contributed by atoms with Crippen molar-refractivity contribution >= 4 is 55.9 Å². The molecule has 0 saturated heterocycles. The number of hydrogen-bond acceptors (Lipinski definition) is 2. The van der Waals surface area contributed by atoms with E-state index in [1.54, 1.807) is 10.6 Å². The highest BCUT2D eigenvalue weighted by molar-refractivity contribution is 6.96. The minimum Gasteiger partial charge on any atom is -0.458 e. The zero-order valence-corrected chi connectivity index (χ0v) is 35.4. The number of aryl methyl sites for hydroxylation is 7. The molecule has 3 aromatic heterocycles. The van der Waals surface area contributed by atoms with E-state index < -0.39 is 6.98 Å². The molecule has 0 aliphatic carbocycles. The van der Waals surface area contributed by atoms with E-state index >= 15 is 0 Å².